The van der Waals surface area contributed by atoms with Crippen molar-refractivity contribution >= 4 is 37.5 Å². The second kappa shape index (κ2) is 6.21. The number of hydrogen-bond acceptors (Lipinski definition) is 2. The molecule has 0 aromatic heterocycles. The Hall–Kier alpha value is -1.31. The molecule has 0 spiro atoms. The topological polar surface area (TPSA) is 35.8 Å². The third-order valence-electron chi connectivity index (χ3n) is 3.92. The van der Waals surface area contributed by atoms with Crippen LogP contribution >= 0.6 is 31.9 Å². The van der Waals surface area contributed by atoms with Crippen LogP contribution in [-0.4, -0.2) is 6.04 Å². The van der Waals surface area contributed by atoms with Crippen molar-refractivity contribution in [2.75, 3.05) is 5.32 Å². The first-order valence-corrected chi connectivity index (χ1v) is 8.46. The van der Waals surface area contributed by atoms with E-state index in [-0.39, 0.29) is 0 Å². The number of hydrogen-bond donors (Lipinski definition) is 1. The molecule has 0 heterocycles. The fourth-order valence-corrected chi connectivity index (χ4v) is 3.50. The van der Waals surface area contributed by atoms with Crippen LogP contribution < -0.4 is 5.32 Å². The summed E-state index contributed by atoms with van der Waals surface area (Å²) < 4.78 is 2.07. The van der Waals surface area contributed by atoms with Crippen LogP contribution in [0.4, 0.5) is 5.69 Å². The Morgan fingerprint density at radius 1 is 1.05 bits per heavy atom. The van der Waals surface area contributed by atoms with Crippen LogP contribution in [0.15, 0.2) is 51.4 Å². The summed E-state index contributed by atoms with van der Waals surface area (Å²) >= 11 is 6.92. The Bertz CT molecular complexity index is 700. The summed E-state index contributed by atoms with van der Waals surface area (Å²) in [6.45, 7) is 0. The highest BCUT2D eigenvalue weighted by Crippen LogP contribution is 2.39. The highest BCUT2D eigenvalue weighted by atomic mass is 79.9. The average Bonchev–Trinajstić information content (AvgIpc) is 2.43. The number of anilines is 1. The van der Waals surface area contributed by atoms with Crippen LogP contribution in [0, 0.1) is 11.3 Å². The molecule has 1 saturated carbocycles. The van der Waals surface area contributed by atoms with Gasteiger partial charge in [0.05, 0.1) is 11.3 Å². The van der Waals surface area contributed by atoms with Gasteiger partial charge in [-0.2, -0.15) is 5.26 Å². The molecule has 2 aromatic carbocycles. The molecule has 4 heteroatoms. The van der Waals surface area contributed by atoms with Gasteiger partial charge < -0.3 is 5.32 Å². The minimum absolute atomic E-state index is 0.447. The molecule has 2 aromatic rings. The van der Waals surface area contributed by atoms with E-state index in [4.69, 9.17) is 0 Å². The summed E-state index contributed by atoms with van der Waals surface area (Å²) in [5.74, 6) is 0.612. The minimum Gasteiger partial charge on any atom is -0.381 e. The highest BCUT2D eigenvalue weighted by molar-refractivity contribution is 9.10. The Labute approximate surface area is 141 Å². The average molecular weight is 406 g/mol. The van der Waals surface area contributed by atoms with Gasteiger partial charge in [-0.3, -0.25) is 0 Å². The zero-order valence-corrected chi connectivity index (χ0v) is 14.5. The molecule has 0 saturated heterocycles. The lowest BCUT2D eigenvalue weighted by Gasteiger charge is -2.37. The smallest absolute Gasteiger partial charge is 0.101 e. The predicted molar refractivity (Wildman–Crippen MR) is 92.4 cm³/mol. The van der Waals surface area contributed by atoms with Crippen molar-refractivity contribution in [1.29, 1.82) is 5.26 Å². The molecule has 2 nitrogen and oxygen atoms in total. The maximum absolute atomic E-state index is 9.19. The van der Waals surface area contributed by atoms with E-state index < -0.39 is 0 Å². The van der Waals surface area contributed by atoms with E-state index in [9.17, 15) is 5.26 Å². The standard InChI is InChI=1S/C17H14Br2N2/c18-14-3-1-2-11(6-14)12-8-16(9-12)21-17-5-4-15(19)7-13(17)10-20/h1-7,12,16,21H,8-9H2. The van der Waals surface area contributed by atoms with E-state index in [0.717, 1.165) is 27.5 Å². The van der Waals surface area contributed by atoms with Gasteiger partial charge in [0.15, 0.2) is 0 Å². The largest absolute Gasteiger partial charge is 0.381 e. The number of nitrogens with zero attached hydrogens (tertiary/aromatic N) is 1. The SMILES string of the molecule is N#Cc1cc(Br)ccc1NC1CC(c2cccc(Br)c2)C1. The fourth-order valence-electron chi connectivity index (χ4n) is 2.72. The van der Waals surface area contributed by atoms with E-state index in [1.54, 1.807) is 0 Å². The quantitative estimate of drug-likeness (QED) is 0.737. The Morgan fingerprint density at radius 3 is 2.52 bits per heavy atom. The Kier molecular flexibility index (Phi) is 4.32. The molecule has 3 rings (SSSR count). The Balaban J connectivity index is 1.64. The molecule has 106 valence electrons. The second-order valence-corrected chi connectivity index (χ2v) is 7.20. The van der Waals surface area contributed by atoms with Gasteiger partial charge in [-0.05, 0) is 54.7 Å². The molecule has 1 aliphatic rings. The lowest BCUT2D eigenvalue weighted by Crippen LogP contribution is -2.34. The Morgan fingerprint density at radius 2 is 1.81 bits per heavy atom. The monoisotopic (exact) mass is 404 g/mol. The molecule has 0 unspecified atom stereocenters. The predicted octanol–water partition coefficient (Wildman–Crippen LogP) is 5.44. The van der Waals surface area contributed by atoms with Crippen molar-refractivity contribution in [3.63, 3.8) is 0 Å². The molecule has 0 atom stereocenters. The summed E-state index contributed by atoms with van der Waals surface area (Å²) in [6.07, 6.45) is 2.22. The molecule has 0 aliphatic heterocycles. The lowest BCUT2D eigenvalue weighted by molar-refractivity contribution is 0.374. The second-order valence-electron chi connectivity index (χ2n) is 5.37. The normalized spacial score (nSPS) is 20.4. The van der Waals surface area contributed by atoms with E-state index >= 15 is 0 Å². The van der Waals surface area contributed by atoms with Gasteiger partial charge in [0, 0.05) is 15.0 Å². The molecule has 1 aliphatic carbocycles. The summed E-state index contributed by atoms with van der Waals surface area (Å²) in [6, 6.07) is 17.0. The molecule has 1 fully saturated rings. The van der Waals surface area contributed by atoms with E-state index in [1.165, 1.54) is 5.56 Å². The molecule has 0 amide bonds. The van der Waals surface area contributed by atoms with Crippen LogP contribution in [0.2, 0.25) is 0 Å². The van der Waals surface area contributed by atoms with Crippen molar-refractivity contribution < 1.29 is 0 Å². The van der Waals surface area contributed by atoms with Gasteiger partial charge in [0.1, 0.15) is 6.07 Å². The first-order chi connectivity index (χ1) is 10.2. The van der Waals surface area contributed by atoms with Crippen LogP contribution in [0.1, 0.15) is 29.9 Å². The van der Waals surface area contributed by atoms with Gasteiger partial charge in [0.2, 0.25) is 0 Å². The maximum atomic E-state index is 9.19. The van der Waals surface area contributed by atoms with Crippen LogP contribution in [-0.2, 0) is 0 Å². The first-order valence-electron chi connectivity index (χ1n) is 6.87. The van der Waals surface area contributed by atoms with Crippen molar-refractivity contribution in [2.45, 2.75) is 24.8 Å². The van der Waals surface area contributed by atoms with Crippen molar-refractivity contribution in [1.82, 2.24) is 0 Å². The number of nitriles is 1. The van der Waals surface area contributed by atoms with E-state index in [0.29, 0.717) is 17.5 Å². The lowest BCUT2D eigenvalue weighted by atomic mass is 9.76. The van der Waals surface area contributed by atoms with Gasteiger partial charge in [-0.1, -0.05) is 44.0 Å². The number of benzene rings is 2. The van der Waals surface area contributed by atoms with E-state index in [2.05, 4.69) is 67.5 Å². The van der Waals surface area contributed by atoms with Gasteiger partial charge in [-0.25, -0.2) is 0 Å². The first kappa shape index (κ1) is 14.6. The van der Waals surface area contributed by atoms with Gasteiger partial charge in [-0.15, -0.1) is 0 Å². The fraction of sp³-hybridized carbons (Fsp3) is 0.235. The summed E-state index contributed by atoms with van der Waals surface area (Å²) in [5, 5.41) is 12.7. The third kappa shape index (κ3) is 3.30. The summed E-state index contributed by atoms with van der Waals surface area (Å²) in [5.41, 5.74) is 3.01. The molecular formula is C17H14Br2N2. The van der Waals surface area contributed by atoms with Crippen molar-refractivity contribution in [3.05, 3.63) is 62.5 Å². The third-order valence-corrected chi connectivity index (χ3v) is 4.91. The van der Waals surface area contributed by atoms with E-state index in [1.807, 2.05) is 18.2 Å². The van der Waals surface area contributed by atoms with Gasteiger partial charge in [0.25, 0.3) is 0 Å². The molecule has 1 N–H and O–H groups in total. The molecular weight excluding hydrogens is 392 g/mol. The maximum Gasteiger partial charge on any atom is 0.101 e. The summed E-state index contributed by atoms with van der Waals surface area (Å²) in [4.78, 5) is 0. The highest BCUT2D eigenvalue weighted by Gasteiger charge is 2.30. The van der Waals surface area contributed by atoms with Crippen LogP contribution in [0.3, 0.4) is 0 Å². The molecule has 0 bridgehead atoms. The minimum atomic E-state index is 0.447. The zero-order valence-electron chi connectivity index (χ0n) is 11.3. The summed E-state index contributed by atoms with van der Waals surface area (Å²) in [7, 11) is 0. The van der Waals surface area contributed by atoms with Gasteiger partial charge >= 0.3 is 0 Å². The number of nitrogens with one attached hydrogen (secondary N) is 1. The van der Waals surface area contributed by atoms with Crippen molar-refractivity contribution in [3.8, 4) is 6.07 Å². The van der Waals surface area contributed by atoms with Crippen LogP contribution in [0.5, 0.6) is 0 Å². The number of rotatable bonds is 3. The molecule has 21 heavy (non-hydrogen) atoms. The van der Waals surface area contributed by atoms with Crippen molar-refractivity contribution in [2.24, 2.45) is 0 Å². The van der Waals surface area contributed by atoms with Crippen LogP contribution in [0.25, 0.3) is 0 Å². The number of halogens is 2. The molecule has 0 radical (unpaired) electrons. The zero-order chi connectivity index (χ0) is 14.8.